The monoisotopic (exact) mass is 361 g/mol. The number of piperazine rings is 1. The lowest BCUT2D eigenvalue weighted by Gasteiger charge is -2.38. The van der Waals surface area contributed by atoms with E-state index < -0.39 is 0 Å². The molecule has 1 spiro atoms. The Hall–Kier alpha value is -1.77. The maximum atomic E-state index is 12.5. The van der Waals surface area contributed by atoms with Crippen LogP contribution in [0.3, 0.4) is 0 Å². The van der Waals surface area contributed by atoms with Crippen molar-refractivity contribution in [3.63, 3.8) is 0 Å². The van der Waals surface area contributed by atoms with E-state index in [0.29, 0.717) is 19.6 Å². The lowest BCUT2D eigenvalue weighted by molar-refractivity contribution is -0.185. The van der Waals surface area contributed by atoms with Crippen LogP contribution in [0.15, 0.2) is 18.5 Å². The SMILES string of the molecule is O=C(CCN1CCC2(CC1)OCCO2)N1CCN(c2ncccn2)CC1. The molecule has 142 valence electrons. The fourth-order valence-corrected chi connectivity index (χ4v) is 3.93. The molecule has 0 unspecified atom stereocenters. The molecule has 0 N–H and O–H groups in total. The van der Waals surface area contributed by atoms with Gasteiger partial charge >= 0.3 is 0 Å². The van der Waals surface area contributed by atoms with Crippen LogP contribution in [0.1, 0.15) is 19.3 Å². The average molecular weight is 361 g/mol. The lowest BCUT2D eigenvalue weighted by Crippen LogP contribution is -2.50. The summed E-state index contributed by atoms with van der Waals surface area (Å²) in [5, 5.41) is 0. The number of likely N-dealkylation sites (tertiary alicyclic amines) is 1. The molecule has 1 aromatic rings. The lowest BCUT2D eigenvalue weighted by atomic mass is 10.0. The van der Waals surface area contributed by atoms with Crippen LogP contribution in [0.2, 0.25) is 0 Å². The highest BCUT2D eigenvalue weighted by molar-refractivity contribution is 5.76. The number of hydrogen-bond donors (Lipinski definition) is 0. The van der Waals surface area contributed by atoms with Gasteiger partial charge in [-0.3, -0.25) is 4.79 Å². The van der Waals surface area contributed by atoms with Crippen LogP contribution in [0, 0.1) is 0 Å². The van der Waals surface area contributed by atoms with Gasteiger partial charge in [-0.15, -0.1) is 0 Å². The summed E-state index contributed by atoms with van der Waals surface area (Å²) in [6.07, 6.45) is 5.89. The maximum Gasteiger partial charge on any atom is 0.225 e. The zero-order chi connectivity index (χ0) is 17.8. The van der Waals surface area contributed by atoms with E-state index in [0.717, 1.165) is 64.6 Å². The van der Waals surface area contributed by atoms with Gasteiger partial charge in [0.1, 0.15) is 0 Å². The summed E-state index contributed by atoms with van der Waals surface area (Å²) in [7, 11) is 0. The van der Waals surface area contributed by atoms with Crippen LogP contribution in [0.4, 0.5) is 5.95 Å². The molecule has 3 saturated heterocycles. The predicted octanol–water partition coefficient (Wildman–Crippen LogP) is 0.354. The van der Waals surface area contributed by atoms with Gasteiger partial charge in [0, 0.05) is 77.5 Å². The Balaban J connectivity index is 1.18. The number of carbonyl (C=O) groups excluding carboxylic acids is 1. The molecular weight excluding hydrogens is 334 g/mol. The standard InChI is InChI=1S/C18H27N5O3/c24-16(2-7-21-8-3-18(4-9-21)25-14-15-26-18)22-10-12-23(13-11-22)17-19-5-1-6-20-17/h1,5-6H,2-4,7-15H2. The number of amides is 1. The normalized spacial score (nSPS) is 23.5. The molecule has 0 radical (unpaired) electrons. The van der Waals surface area contributed by atoms with E-state index in [9.17, 15) is 4.79 Å². The summed E-state index contributed by atoms with van der Waals surface area (Å²) in [5.41, 5.74) is 0. The number of carbonyl (C=O) groups is 1. The first-order valence-corrected chi connectivity index (χ1v) is 9.54. The van der Waals surface area contributed by atoms with E-state index in [4.69, 9.17) is 9.47 Å². The topological polar surface area (TPSA) is 71.0 Å². The quantitative estimate of drug-likeness (QED) is 0.766. The van der Waals surface area contributed by atoms with Crippen molar-refractivity contribution < 1.29 is 14.3 Å². The second-order valence-corrected chi connectivity index (χ2v) is 7.12. The summed E-state index contributed by atoms with van der Waals surface area (Å²) in [6, 6.07) is 1.82. The highest BCUT2D eigenvalue weighted by Crippen LogP contribution is 2.31. The molecule has 4 rings (SSSR count). The Labute approximate surface area is 154 Å². The average Bonchev–Trinajstić information content (AvgIpc) is 3.16. The van der Waals surface area contributed by atoms with Crippen molar-refractivity contribution in [1.29, 1.82) is 0 Å². The van der Waals surface area contributed by atoms with Crippen LogP contribution >= 0.6 is 0 Å². The minimum absolute atomic E-state index is 0.243. The minimum Gasteiger partial charge on any atom is -0.347 e. The molecule has 26 heavy (non-hydrogen) atoms. The van der Waals surface area contributed by atoms with Gasteiger partial charge in [-0.2, -0.15) is 0 Å². The molecular formula is C18H27N5O3. The largest absolute Gasteiger partial charge is 0.347 e. The van der Waals surface area contributed by atoms with Crippen LogP contribution in [0.5, 0.6) is 0 Å². The fraction of sp³-hybridized carbons (Fsp3) is 0.722. The molecule has 0 aliphatic carbocycles. The smallest absolute Gasteiger partial charge is 0.225 e. The van der Waals surface area contributed by atoms with Crippen LogP contribution < -0.4 is 4.90 Å². The van der Waals surface area contributed by atoms with E-state index in [1.165, 1.54) is 0 Å². The molecule has 0 bridgehead atoms. The van der Waals surface area contributed by atoms with Crippen molar-refractivity contribution in [2.75, 3.05) is 63.9 Å². The van der Waals surface area contributed by atoms with Crippen LogP contribution in [0.25, 0.3) is 0 Å². The number of aromatic nitrogens is 2. The molecule has 4 heterocycles. The molecule has 0 atom stereocenters. The third kappa shape index (κ3) is 3.97. The Morgan fingerprint density at radius 1 is 1.00 bits per heavy atom. The van der Waals surface area contributed by atoms with Crippen molar-refractivity contribution in [1.82, 2.24) is 19.8 Å². The molecule has 1 amide bonds. The molecule has 3 aliphatic rings. The van der Waals surface area contributed by atoms with E-state index in [1.807, 2.05) is 11.0 Å². The van der Waals surface area contributed by atoms with E-state index in [-0.39, 0.29) is 11.7 Å². The summed E-state index contributed by atoms with van der Waals surface area (Å²) in [4.78, 5) is 27.6. The number of hydrogen-bond acceptors (Lipinski definition) is 7. The molecule has 3 aliphatic heterocycles. The second-order valence-electron chi connectivity index (χ2n) is 7.12. The molecule has 8 nitrogen and oxygen atoms in total. The van der Waals surface area contributed by atoms with E-state index >= 15 is 0 Å². The van der Waals surface area contributed by atoms with Gasteiger partial charge in [0.15, 0.2) is 5.79 Å². The van der Waals surface area contributed by atoms with Crippen molar-refractivity contribution >= 4 is 11.9 Å². The number of rotatable bonds is 4. The first kappa shape index (κ1) is 17.6. The number of ether oxygens (including phenoxy) is 2. The van der Waals surface area contributed by atoms with Gasteiger partial charge in [0.25, 0.3) is 0 Å². The summed E-state index contributed by atoms with van der Waals surface area (Å²) >= 11 is 0. The highest BCUT2D eigenvalue weighted by Gasteiger charge is 2.39. The summed E-state index contributed by atoms with van der Waals surface area (Å²) in [5.74, 6) is 0.654. The fourth-order valence-electron chi connectivity index (χ4n) is 3.93. The van der Waals surface area contributed by atoms with Crippen molar-refractivity contribution in [3.8, 4) is 0 Å². The van der Waals surface area contributed by atoms with E-state index in [1.54, 1.807) is 12.4 Å². The highest BCUT2D eigenvalue weighted by atomic mass is 16.7. The first-order valence-electron chi connectivity index (χ1n) is 9.54. The molecule has 3 fully saturated rings. The van der Waals surface area contributed by atoms with E-state index in [2.05, 4.69) is 19.8 Å². The van der Waals surface area contributed by atoms with Gasteiger partial charge < -0.3 is 24.2 Å². The number of anilines is 1. The number of nitrogens with zero attached hydrogens (tertiary/aromatic N) is 5. The Kier molecular flexibility index (Phi) is 5.33. The third-order valence-electron chi connectivity index (χ3n) is 5.54. The van der Waals surface area contributed by atoms with Gasteiger partial charge in [-0.25, -0.2) is 9.97 Å². The Morgan fingerprint density at radius 2 is 1.65 bits per heavy atom. The van der Waals surface area contributed by atoms with Gasteiger partial charge in [-0.05, 0) is 6.07 Å². The number of piperidine rings is 1. The van der Waals surface area contributed by atoms with Gasteiger partial charge in [-0.1, -0.05) is 0 Å². The van der Waals surface area contributed by atoms with Crippen molar-refractivity contribution in [2.24, 2.45) is 0 Å². The molecule has 8 heteroatoms. The summed E-state index contributed by atoms with van der Waals surface area (Å²) in [6.45, 7) is 7.16. The Morgan fingerprint density at radius 3 is 2.31 bits per heavy atom. The molecule has 0 saturated carbocycles. The Bertz CT molecular complexity index is 590. The predicted molar refractivity (Wildman–Crippen MR) is 95.8 cm³/mol. The van der Waals surface area contributed by atoms with Gasteiger partial charge in [0.05, 0.1) is 13.2 Å². The maximum absolute atomic E-state index is 12.5. The van der Waals surface area contributed by atoms with Gasteiger partial charge in [0.2, 0.25) is 11.9 Å². The van der Waals surface area contributed by atoms with Crippen LogP contribution in [-0.2, 0) is 14.3 Å². The second kappa shape index (κ2) is 7.85. The van der Waals surface area contributed by atoms with Crippen LogP contribution in [-0.4, -0.2) is 90.5 Å². The zero-order valence-corrected chi connectivity index (χ0v) is 15.2. The molecule has 1 aromatic heterocycles. The minimum atomic E-state index is -0.337. The summed E-state index contributed by atoms with van der Waals surface area (Å²) < 4.78 is 11.5. The zero-order valence-electron chi connectivity index (χ0n) is 15.2. The first-order chi connectivity index (χ1) is 12.7. The van der Waals surface area contributed by atoms with Crippen molar-refractivity contribution in [3.05, 3.63) is 18.5 Å². The third-order valence-corrected chi connectivity index (χ3v) is 5.54. The molecule has 0 aromatic carbocycles. The van der Waals surface area contributed by atoms with Crippen molar-refractivity contribution in [2.45, 2.75) is 25.0 Å².